The normalized spacial score (nSPS) is 10.8. The van der Waals surface area contributed by atoms with Crippen molar-refractivity contribution in [1.82, 2.24) is 0 Å². The average molecular weight is 207 g/mol. The van der Waals surface area contributed by atoms with Gasteiger partial charge in [0.2, 0.25) is 0 Å². The number of hydrogen-bond donors (Lipinski definition) is 0. The van der Waals surface area contributed by atoms with Crippen LogP contribution < -0.4 is 0 Å². The molecule has 0 unspecified atom stereocenters. The maximum absolute atomic E-state index is 5.72. The Morgan fingerprint density at radius 1 is 0.875 bits per heavy atom. The molecule has 1 heteroatoms. The second-order valence-electron chi connectivity index (χ2n) is 3.81. The molecular formula is C15H11O. The smallest absolute Gasteiger partial charge is 0.134 e. The zero-order valence-electron chi connectivity index (χ0n) is 8.81. The van der Waals surface area contributed by atoms with Crippen LogP contribution in [-0.2, 0) is 6.42 Å². The number of fused-ring (bicyclic) bond motifs is 1. The fourth-order valence-corrected chi connectivity index (χ4v) is 1.83. The highest BCUT2D eigenvalue weighted by Gasteiger charge is 2.03. The van der Waals surface area contributed by atoms with Crippen molar-refractivity contribution in [2.75, 3.05) is 0 Å². The number of benzene rings is 2. The van der Waals surface area contributed by atoms with Gasteiger partial charge in [0.25, 0.3) is 0 Å². The first kappa shape index (κ1) is 9.22. The highest BCUT2D eigenvalue weighted by atomic mass is 16.3. The monoisotopic (exact) mass is 207 g/mol. The molecule has 1 heterocycles. The lowest BCUT2D eigenvalue weighted by Gasteiger charge is -1.95. The summed E-state index contributed by atoms with van der Waals surface area (Å²) in [5.74, 6) is 0.896. The van der Waals surface area contributed by atoms with Gasteiger partial charge in [-0.05, 0) is 11.6 Å². The minimum atomic E-state index is 0.801. The predicted octanol–water partition coefficient (Wildman–Crippen LogP) is 3.82. The Balaban J connectivity index is 1.95. The van der Waals surface area contributed by atoms with Crippen molar-refractivity contribution >= 4 is 11.0 Å². The lowest BCUT2D eigenvalue weighted by atomic mass is 10.1. The summed E-state index contributed by atoms with van der Waals surface area (Å²) in [7, 11) is 0. The van der Waals surface area contributed by atoms with Crippen LogP contribution in [0.3, 0.4) is 0 Å². The standard InChI is InChI=1S/C15H11O/c1-2-6-12(7-3-1)10-14-11-13-8-4-5-9-15(13)16-14/h1-9H,10H2. The van der Waals surface area contributed by atoms with Crippen LogP contribution in [0.5, 0.6) is 0 Å². The van der Waals surface area contributed by atoms with Gasteiger partial charge in [-0.15, -0.1) is 0 Å². The summed E-state index contributed by atoms with van der Waals surface area (Å²) in [5, 5.41) is 1.05. The lowest BCUT2D eigenvalue weighted by molar-refractivity contribution is 0.562. The Bertz CT molecular complexity index is 560. The molecule has 0 saturated heterocycles. The van der Waals surface area contributed by atoms with Gasteiger partial charge in [0.15, 0.2) is 0 Å². The van der Waals surface area contributed by atoms with Crippen LogP contribution in [0.1, 0.15) is 11.3 Å². The van der Waals surface area contributed by atoms with Gasteiger partial charge < -0.3 is 4.42 Å². The highest BCUT2D eigenvalue weighted by molar-refractivity contribution is 5.76. The van der Waals surface area contributed by atoms with Gasteiger partial charge in [-0.2, -0.15) is 0 Å². The highest BCUT2D eigenvalue weighted by Crippen LogP contribution is 2.20. The summed E-state index contributed by atoms with van der Waals surface area (Å²) >= 11 is 0. The first-order valence-corrected chi connectivity index (χ1v) is 5.35. The van der Waals surface area contributed by atoms with E-state index in [4.69, 9.17) is 4.42 Å². The maximum Gasteiger partial charge on any atom is 0.134 e. The quantitative estimate of drug-likeness (QED) is 0.622. The van der Waals surface area contributed by atoms with Crippen molar-refractivity contribution in [3.8, 4) is 0 Å². The molecule has 0 aliphatic heterocycles. The summed E-state index contributed by atoms with van der Waals surface area (Å²) in [5.41, 5.74) is 2.16. The Kier molecular flexibility index (Phi) is 2.22. The number of furan rings is 1. The zero-order valence-corrected chi connectivity index (χ0v) is 8.81. The Labute approximate surface area is 94.3 Å². The largest absolute Gasteiger partial charge is 0.460 e. The SMILES string of the molecule is [c]1c(Cc2ccccc2)oc2ccccc12. The molecular weight excluding hydrogens is 196 g/mol. The molecule has 3 rings (SSSR count). The molecule has 0 atom stereocenters. The van der Waals surface area contributed by atoms with E-state index in [0.717, 1.165) is 23.2 Å². The van der Waals surface area contributed by atoms with Crippen LogP contribution in [0.4, 0.5) is 0 Å². The number of hydrogen-bond acceptors (Lipinski definition) is 1. The molecule has 0 spiro atoms. The summed E-state index contributed by atoms with van der Waals surface area (Å²) in [6, 6.07) is 21.5. The third kappa shape index (κ3) is 1.72. The molecule has 1 radical (unpaired) electrons. The molecule has 0 amide bonds. The van der Waals surface area contributed by atoms with E-state index in [1.807, 2.05) is 42.5 Å². The van der Waals surface area contributed by atoms with Gasteiger partial charge in [0, 0.05) is 17.9 Å². The van der Waals surface area contributed by atoms with E-state index >= 15 is 0 Å². The minimum Gasteiger partial charge on any atom is -0.460 e. The van der Waals surface area contributed by atoms with Gasteiger partial charge in [-0.3, -0.25) is 0 Å². The van der Waals surface area contributed by atoms with Crippen LogP contribution in [-0.4, -0.2) is 0 Å². The van der Waals surface area contributed by atoms with Crippen molar-refractivity contribution in [3.63, 3.8) is 0 Å². The van der Waals surface area contributed by atoms with Crippen LogP contribution >= 0.6 is 0 Å². The molecule has 3 aromatic rings. The molecule has 1 nitrogen and oxygen atoms in total. The molecule has 16 heavy (non-hydrogen) atoms. The van der Waals surface area contributed by atoms with Gasteiger partial charge in [-0.1, -0.05) is 48.5 Å². The molecule has 1 aromatic heterocycles. The maximum atomic E-state index is 5.72. The number of rotatable bonds is 2. The van der Waals surface area contributed by atoms with E-state index < -0.39 is 0 Å². The van der Waals surface area contributed by atoms with E-state index in [1.54, 1.807) is 0 Å². The summed E-state index contributed by atoms with van der Waals surface area (Å²) in [4.78, 5) is 0. The topological polar surface area (TPSA) is 13.1 Å². The second-order valence-corrected chi connectivity index (χ2v) is 3.81. The fraction of sp³-hybridized carbons (Fsp3) is 0.0667. The van der Waals surface area contributed by atoms with E-state index in [1.165, 1.54) is 5.56 Å². The van der Waals surface area contributed by atoms with Gasteiger partial charge in [0.1, 0.15) is 11.3 Å². The lowest BCUT2D eigenvalue weighted by Crippen LogP contribution is -1.83. The van der Waals surface area contributed by atoms with E-state index in [0.29, 0.717) is 0 Å². The third-order valence-electron chi connectivity index (χ3n) is 2.60. The molecule has 0 fully saturated rings. The summed E-state index contributed by atoms with van der Waals surface area (Å²) in [6.45, 7) is 0. The zero-order chi connectivity index (χ0) is 10.8. The van der Waals surface area contributed by atoms with E-state index in [9.17, 15) is 0 Å². The Morgan fingerprint density at radius 2 is 1.62 bits per heavy atom. The van der Waals surface area contributed by atoms with Crippen molar-refractivity contribution in [2.24, 2.45) is 0 Å². The molecule has 2 aromatic carbocycles. The van der Waals surface area contributed by atoms with Gasteiger partial charge in [-0.25, -0.2) is 0 Å². The predicted molar refractivity (Wildman–Crippen MR) is 64.3 cm³/mol. The van der Waals surface area contributed by atoms with Crippen molar-refractivity contribution in [1.29, 1.82) is 0 Å². The molecule has 0 bridgehead atoms. The summed E-state index contributed by atoms with van der Waals surface area (Å²) in [6.07, 6.45) is 0.801. The van der Waals surface area contributed by atoms with Crippen LogP contribution in [0.2, 0.25) is 0 Å². The van der Waals surface area contributed by atoms with E-state index in [2.05, 4.69) is 18.2 Å². The second kappa shape index (κ2) is 3.86. The minimum absolute atomic E-state index is 0.801. The van der Waals surface area contributed by atoms with Crippen molar-refractivity contribution in [3.05, 3.63) is 72.0 Å². The van der Waals surface area contributed by atoms with Crippen LogP contribution in [0, 0.1) is 6.07 Å². The van der Waals surface area contributed by atoms with Gasteiger partial charge >= 0.3 is 0 Å². The molecule has 77 valence electrons. The van der Waals surface area contributed by atoms with E-state index in [-0.39, 0.29) is 0 Å². The molecule has 0 aliphatic carbocycles. The third-order valence-corrected chi connectivity index (χ3v) is 2.60. The van der Waals surface area contributed by atoms with Crippen molar-refractivity contribution in [2.45, 2.75) is 6.42 Å². The molecule has 0 aliphatic rings. The molecule has 0 N–H and O–H groups in total. The summed E-state index contributed by atoms with van der Waals surface area (Å²) < 4.78 is 5.72. The van der Waals surface area contributed by atoms with Gasteiger partial charge in [0.05, 0.1) is 0 Å². The Morgan fingerprint density at radius 3 is 2.44 bits per heavy atom. The first-order valence-electron chi connectivity index (χ1n) is 5.35. The van der Waals surface area contributed by atoms with Crippen LogP contribution in [0.15, 0.2) is 59.0 Å². The fourth-order valence-electron chi connectivity index (χ4n) is 1.83. The average Bonchev–Trinajstić information content (AvgIpc) is 2.72. The first-order chi connectivity index (χ1) is 7.92. The number of para-hydroxylation sites is 1. The molecule has 0 saturated carbocycles. The van der Waals surface area contributed by atoms with Crippen LogP contribution in [0.25, 0.3) is 11.0 Å². The Hall–Kier alpha value is -2.02. The van der Waals surface area contributed by atoms with Crippen molar-refractivity contribution < 1.29 is 4.42 Å².